The van der Waals surface area contributed by atoms with Gasteiger partial charge in [0.15, 0.2) is 0 Å². The number of pyridine rings is 1. The molecule has 6 nitrogen and oxygen atoms in total. The number of hydrogen-bond donors (Lipinski definition) is 1. The normalized spacial score (nSPS) is 15.9. The second kappa shape index (κ2) is 9.53. The Bertz CT molecular complexity index is 1620. The summed E-state index contributed by atoms with van der Waals surface area (Å²) in [6.45, 7) is 7.19. The van der Waals surface area contributed by atoms with Crippen molar-refractivity contribution in [1.82, 2.24) is 19.3 Å². The fourth-order valence-electron chi connectivity index (χ4n) is 6.03. The van der Waals surface area contributed by atoms with Gasteiger partial charge in [-0.1, -0.05) is 41.9 Å². The maximum atomic E-state index is 10.9. The van der Waals surface area contributed by atoms with E-state index in [1.165, 1.54) is 0 Å². The van der Waals surface area contributed by atoms with Gasteiger partial charge in [0.25, 0.3) is 0 Å². The van der Waals surface area contributed by atoms with Gasteiger partial charge in [-0.2, -0.15) is 5.10 Å². The van der Waals surface area contributed by atoms with Crippen LogP contribution in [0.4, 0.5) is 0 Å². The van der Waals surface area contributed by atoms with E-state index >= 15 is 0 Å². The van der Waals surface area contributed by atoms with Crippen LogP contribution in [0.5, 0.6) is 0 Å². The Morgan fingerprint density at radius 1 is 1.05 bits per heavy atom. The molecule has 38 heavy (non-hydrogen) atoms. The zero-order chi connectivity index (χ0) is 26.6. The summed E-state index contributed by atoms with van der Waals surface area (Å²) in [4.78, 5) is 5.02. The molecule has 5 aromatic rings. The molecule has 0 aliphatic carbocycles. The minimum atomic E-state index is -0.974. The van der Waals surface area contributed by atoms with Crippen LogP contribution in [0, 0.1) is 12.8 Å². The molecule has 3 aromatic heterocycles. The number of benzene rings is 2. The van der Waals surface area contributed by atoms with Crippen molar-refractivity contribution in [2.45, 2.75) is 45.3 Å². The Morgan fingerprint density at radius 2 is 1.82 bits per heavy atom. The minimum Gasteiger partial charge on any atom is -0.386 e. The fourth-order valence-corrected chi connectivity index (χ4v) is 6.27. The predicted octanol–water partition coefficient (Wildman–Crippen LogP) is 6.80. The van der Waals surface area contributed by atoms with Crippen LogP contribution in [-0.2, 0) is 17.4 Å². The lowest BCUT2D eigenvalue weighted by atomic mass is 9.86. The molecule has 0 bridgehead atoms. The van der Waals surface area contributed by atoms with Crippen molar-refractivity contribution in [2.75, 3.05) is 13.2 Å². The summed E-state index contributed by atoms with van der Waals surface area (Å²) < 4.78 is 10.1. The molecule has 4 heterocycles. The van der Waals surface area contributed by atoms with E-state index in [2.05, 4.69) is 46.9 Å². The molecule has 0 saturated carbocycles. The van der Waals surface area contributed by atoms with Gasteiger partial charge in [-0.05, 0) is 74.4 Å². The zero-order valence-corrected chi connectivity index (χ0v) is 23.0. The van der Waals surface area contributed by atoms with Crippen molar-refractivity contribution in [3.8, 4) is 11.3 Å². The molecule has 1 saturated heterocycles. The maximum Gasteiger partial charge on any atom is 0.0960 e. The lowest BCUT2D eigenvalue weighted by molar-refractivity contribution is 0.0552. The van der Waals surface area contributed by atoms with Gasteiger partial charge in [0.1, 0.15) is 0 Å². The van der Waals surface area contributed by atoms with E-state index in [1.54, 1.807) is 0 Å². The highest BCUT2D eigenvalue weighted by molar-refractivity contribution is 6.31. The third-order valence-corrected chi connectivity index (χ3v) is 8.30. The van der Waals surface area contributed by atoms with E-state index < -0.39 is 5.60 Å². The van der Waals surface area contributed by atoms with Crippen molar-refractivity contribution in [3.63, 3.8) is 0 Å². The van der Waals surface area contributed by atoms with Gasteiger partial charge < -0.3 is 14.4 Å². The van der Waals surface area contributed by atoms with Crippen molar-refractivity contribution in [3.05, 3.63) is 82.6 Å². The first-order chi connectivity index (χ1) is 18.2. The molecule has 1 atom stereocenters. The molecule has 1 aliphatic rings. The zero-order valence-electron chi connectivity index (χ0n) is 22.3. The number of aromatic nitrogens is 4. The molecular formula is C31H33ClN4O2. The van der Waals surface area contributed by atoms with Gasteiger partial charge in [0, 0.05) is 42.4 Å². The number of hydrogen-bond acceptors (Lipinski definition) is 4. The number of aryl methyl sites for hydroxylation is 2. The highest BCUT2D eigenvalue weighted by Gasteiger charge is 2.32. The van der Waals surface area contributed by atoms with Crippen molar-refractivity contribution in [1.29, 1.82) is 0 Å². The molecule has 1 unspecified atom stereocenters. The highest BCUT2D eigenvalue weighted by Crippen LogP contribution is 2.43. The van der Waals surface area contributed by atoms with Gasteiger partial charge in [-0.25, -0.2) is 0 Å². The summed E-state index contributed by atoms with van der Waals surface area (Å²) in [5.74, 6) is 0.329. The number of nitrogens with zero attached hydrogens (tertiary/aromatic N) is 4. The topological polar surface area (TPSA) is 65.1 Å². The second-order valence-electron chi connectivity index (χ2n) is 11.0. The van der Waals surface area contributed by atoms with Gasteiger partial charge in [-0.3, -0.25) is 9.67 Å². The van der Waals surface area contributed by atoms with Gasteiger partial charge in [-0.15, -0.1) is 0 Å². The molecule has 196 valence electrons. The predicted molar refractivity (Wildman–Crippen MR) is 153 cm³/mol. The largest absolute Gasteiger partial charge is 0.386 e. The second-order valence-corrected chi connectivity index (χ2v) is 11.4. The third-order valence-electron chi connectivity index (χ3n) is 7.96. The molecule has 1 N–H and O–H groups in total. The Hall–Kier alpha value is -3.19. The summed E-state index contributed by atoms with van der Waals surface area (Å²) in [6.07, 6.45) is 5.71. The maximum absolute atomic E-state index is 10.9. The Balaban J connectivity index is 1.71. The van der Waals surface area contributed by atoms with Crippen molar-refractivity contribution >= 4 is 33.5 Å². The van der Waals surface area contributed by atoms with Crippen LogP contribution < -0.4 is 0 Å². The Labute approximate surface area is 227 Å². The average Bonchev–Trinajstić information content (AvgIpc) is 3.41. The molecule has 0 radical (unpaired) electrons. The monoisotopic (exact) mass is 528 g/mol. The van der Waals surface area contributed by atoms with Gasteiger partial charge in [0.05, 0.1) is 40.1 Å². The first-order valence-corrected chi connectivity index (χ1v) is 13.6. The van der Waals surface area contributed by atoms with E-state index in [0.717, 1.165) is 81.0 Å². The molecule has 6 rings (SSSR count). The van der Waals surface area contributed by atoms with Crippen molar-refractivity contribution in [2.24, 2.45) is 13.0 Å². The van der Waals surface area contributed by atoms with E-state index in [1.807, 2.05) is 56.2 Å². The quantitative estimate of drug-likeness (QED) is 0.272. The highest BCUT2D eigenvalue weighted by atomic mass is 35.5. The summed E-state index contributed by atoms with van der Waals surface area (Å²) in [5.41, 5.74) is 7.18. The number of aliphatic hydroxyl groups is 1. The van der Waals surface area contributed by atoms with Crippen LogP contribution in [0.25, 0.3) is 33.2 Å². The van der Waals surface area contributed by atoms with Gasteiger partial charge in [0.2, 0.25) is 0 Å². The summed E-state index contributed by atoms with van der Waals surface area (Å²) in [6, 6.07) is 16.6. The number of rotatable bonds is 5. The molecule has 1 fully saturated rings. The molecule has 7 heteroatoms. The van der Waals surface area contributed by atoms with Crippen LogP contribution in [0.3, 0.4) is 0 Å². The van der Waals surface area contributed by atoms with Crippen LogP contribution in [0.15, 0.2) is 60.9 Å². The number of halogens is 1. The summed E-state index contributed by atoms with van der Waals surface area (Å²) in [5, 5.41) is 17.2. The van der Waals surface area contributed by atoms with Crippen LogP contribution in [0.1, 0.15) is 49.4 Å². The van der Waals surface area contributed by atoms with E-state index in [4.69, 9.17) is 21.3 Å². The van der Waals surface area contributed by atoms with Crippen LogP contribution >= 0.6 is 11.6 Å². The lowest BCUT2D eigenvalue weighted by Crippen LogP contribution is -2.27. The number of fused-ring (bicyclic) bond motifs is 3. The smallest absolute Gasteiger partial charge is 0.0960 e. The molecule has 0 amide bonds. The number of ether oxygens (including phenoxy) is 1. The van der Waals surface area contributed by atoms with E-state index in [-0.39, 0.29) is 6.04 Å². The first-order valence-electron chi connectivity index (χ1n) is 13.2. The standard InChI is InChI=1S/C31H33ClN4O2/c1-19-17-34-35(4)29(19)21-15-27-28(33-18-21)24-10-9-22(31(2,3)37)16-26(24)36(27)30(20-11-13-38-14-12-20)23-7-5-6-8-25(23)32/h5-10,15-18,20,30,37H,11-14H2,1-4H3. The van der Waals surface area contributed by atoms with Crippen molar-refractivity contribution < 1.29 is 9.84 Å². The Kier molecular flexibility index (Phi) is 6.29. The van der Waals surface area contributed by atoms with E-state index in [0.29, 0.717) is 5.92 Å². The molecule has 1 aliphatic heterocycles. The van der Waals surface area contributed by atoms with Crippen LogP contribution in [0.2, 0.25) is 5.02 Å². The minimum absolute atomic E-state index is 0.0191. The molecule has 0 spiro atoms. The fraction of sp³-hybridized carbons (Fsp3) is 0.355. The molecular weight excluding hydrogens is 496 g/mol. The third kappa shape index (κ3) is 4.21. The average molecular weight is 529 g/mol. The van der Waals surface area contributed by atoms with E-state index in [9.17, 15) is 5.11 Å². The summed E-state index contributed by atoms with van der Waals surface area (Å²) >= 11 is 6.90. The summed E-state index contributed by atoms with van der Waals surface area (Å²) in [7, 11) is 1.96. The Morgan fingerprint density at radius 3 is 2.50 bits per heavy atom. The van der Waals surface area contributed by atoms with Crippen LogP contribution in [-0.4, -0.2) is 37.7 Å². The first kappa shape index (κ1) is 25.1. The molecule has 2 aromatic carbocycles. The SMILES string of the molecule is Cc1cnn(C)c1-c1cnc2c3ccc(C(C)(C)O)cc3n(C(c3ccccc3Cl)C3CCOCC3)c2c1. The van der Waals surface area contributed by atoms with Gasteiger partial charge >= 0.3 is 0 Å². The lowest BCUT2D eigenvalue weighted by Gasteiger charge is -2.33.